The van der Waals surface area contributed by atoms with Crippen LogP contribution in [-0.4, -0.2) is 37.1 Å². The molecule has 108 valence electrons. The first-order chi connectivity index (χ1) is 8.68. The summed E-state index contributed by atoms with van der Waals surface area (Å²) in [6.45, 7) is 2.09. The van der Waals surface area contributed by atoms with E-state index >= 15 is 0 Å². The standard InChI is InChI=1S/C13H20N2O2S.ClH/c1-15(9-11-3-2-8-18-11)13(16)12(14)10-4-6-17-7-5-10;/h2-3,8,10,12H,4-7,9,14H2,1H3;1H. The van der Waals surface area contributed by atoms with Crippen molar-refractivity contribution < 1.29 is 9.53 Å². The molecule has 1 aromatic rings. The number of thiophene rings is 1. The van der Waals surface area contributed by atoms with Gasteiger partial charge in [-0.05, 0) is 30.2 Å². The normalized spacial score (nSPS) is 17.6. The molecule has 1 atom stereocenters. The first kappa shape index (κ1) is 16.4. The molecular formula is C13H21ClN2O2S. The second-order valence-electron chi connectivity index (χ2n) is 4.75. The predicted molar refractivity (Wildman–Crippen MR) is 79.6 cm³/mol. The fourth-order valence-electron chi connectivity index (χ4n) is 2.25. The molecule has 1 aliphatic heterocycles. The monoisotopic (exact) mass is 304 g/mol. The molecule has 1 amide bonds. The smallest absolute Gasteiger partial charge is 0.239 e. The molecule has 0 radical (unpaired) electrons. The second-order valence-corrected chi connectivity index (χ2v) is 5.78. The molecule has 1 saturated heterocycles. The van der Waals surface area contributed by atoms with E-state index < -0.39 is 0 Å². The zero-order chi connectivity index (χ0) is 13.0. The van der Waals surface area contributed by atoms with Crippen molar-refractivity contribution in [2.24, 2.45) is 11.7 Å². The van der Waals surface area contributed by atoms with Gasteiger partial charge in [0, 0.05) is 25.1 Å². The van der Waals surface area contributed by atoms with Crippen LogP contribution < -0.4 is 5.73 Å². The maximum absolute atomic E-state index is 12.2. The average Bonchev–Trinajstić information content (AvgIpc) is 2.91. The number of carbonyl (C=O) groups excluding carboxylic acids is 1. The molecule has 0 aromatic carbocycles. The van der Waals surface area contributed by atoms with Crippen LogP contribution in [0.3, 0.4) is 0 Å². The lowest BCUT2D eigenvalue weighted by molar-refractivity contribution is -0.133. The SMILES string of the molecule is CN(Cc1cccs1)C(=O)C(N)C1CCOCC1.Cl. The van der Waals surface area contributed by atoms with Crippen LogP contribution in [0.1, 0.15) is 17.7 Å². The highest BCUT2D eigenvalue weighted by Crippen LogP contribution is 2.19. The minimum Gasteiger partial charge on any atom is -0.381 e. The highest BCUT2D eigenvalue weighted by molar-refractivity contribution is 7.09. The Morgan fingerprint density at radius 1 is 1.58 bits per heavy atom. The highest BCUT2D eigenvalue weighted by Gasteiger charge is 2.28. The fraction of sp³-hybridized carbons (Fsp3) is 0.615. The quantitative estimate of drug-likeness (QED) is 0.924. The molecule has 19 heavy (non-hydrogen) atoms. The van der Waals surface area contributed by atoms with Crippen LogP contribution in [0.4, 0.5) is 0 Å². The van der Waals surface area contributed by atoms with E-state index in [2.05, 4.69) is 0 Å². The van der Waals surface area contributed by atoms with E-state index in [4.69, 9.17) is 10.5 Å². The number of rotatable bonds is 4. The lowest BCUT2D eigenvalue weighted by Crippen LogP contribution is -2.47. The van der Waals surface area contributed by atoms with Gasteiger partial charge < -0.3 is 15.4 Å². The molecule has 4 nitrogen and oxygen atoms in total. The molecule has 1 unspecified atom stereocenters. The van der Waals surface area contributed by atoms with Crippen molar-refractivity contribution in [1.82, 2.24) is 4.90 Å². The average molecular weight is 305 g/mol. The Labute approximate surface area is 124 Å². The lowest BCUT2D eigenvalue weighted by atomic mass is 9.91. The third-order valence-electron chi connectivity index (χ3n) is 3.41. The minimum atomic E-state index is -0.390. The molecule has 1 aromatic heterocycles. The molecular weight excluding hydrogens is 284 g/mol. The van der Waals surface area contributed by atoms with Crippen molar-refractivity contribution in [1.29, 1.82) is 0 Å². The maximum Gasteiger partial charge on any atom is 0.239 e. The Morgan fingerprint density at radius 3 is 2.84 bits per heavy atom. The van der Waals surface area contributed by atoms with Gasteiger partial charge in [0.1, 0.15) is 0 Å². The highest BCUT2D eigenvalue weighted by atomic mass is 35.5. The van der Waals surface area contributed by atoms with Gasteiger partial charge in [0.05, 0.1) is 12.6 Å². The minimum absolute atomic E-state index is 0. The summed E-state index contributed by atoms with van der Waals surface area (Å²) in [5.41, 5.74) is 6.08. The van der Waals surface area contributed by atoms with Crippen LogP contribution in [0, 0.1) is 5.92 Å². The first-order valence-electron chi connectivity index (χ1n) is 6.29. The van der Waals surface area contributed by atoms with E-state index in [1.54, 1.807) is 16.2 Å². The number of nitrogens with two attached hydrogens (primary N) is 1. The topological polar surface area (TPSA) is 55.6 Å². The Bertz CT molecular complexity index is 380. The van der Waals surface area contributed by atoms with Crippen LogP contribution in [-0.2, 0) is 16.1 Å². The van der Waals surface area contributed by atoms with E-state index in [1.165, 1.54) is 4.88 Å². The third-order valence-corrected chi connectivity index (χ3v) is 4.27. The number of amides is 1. The van der Waals surface area contributed by atoms with E-state index in [9.17, 15) is 4.79 Å². The number of halogens is 1. The van der Waals surface area contributed by atoms with Gasteiger partial charge in [0.25, 0.3) is 0 Å². The molecule has 0 saturated carbocycles. The number of likely N-dealkylation sites (N-methyl/N-ethyl adjacent to an activating group) is 1. The largest absolute Gasteiger partial charge is 0.381 e. The number of hydrogen-bond donors (Lipinski definition) is 1. The van der Waals surface area contributed by atoms with E-state index in [0.29, 0.717) is 6.54 Å². The molecule has 6 heteroatoms. The molecule has 2 heterocycles. The number of carbonyl (C=O) groups is 1. The molecule has 2 rings (SSSR count). The van der Waals surface area contributed by atoms with Crippen LogP contribution in [0.25, 0.3) is 0 Å². The lowest BCUT2D eigenvalue weighted by Gasteiger charge is -2.29. The van der Waals surface area contributed by atoms with Gasteiger partial charge in [-0.25, -0.2) is 0 Å². The number of nitrogens with zero attached hydrogens (tertiary/aromatic N) is 1. The summed E-state index contributed by atoms with van der Waals surface area (Å²) in [5, 5.41) is 2.02. The molecule has 2 N–H and O–H groups in total. The molecule has 1 fully saturated rings. The van der Waals surface area contributed by atoms with Gasteiger partial charge in [-0.3, -0.25) is 4.79 Å². The molecule has 0 aliphatic carbocycles. The first-order valence-corrected chi connectivity index (χ1v) is 7.17. The number of ether oxygens (including phenoxy) is 1. The van der Waals surface area contributed by atoms with Crippen molar-refractivity contribution in [2.75, 3.05) is 20.3 Å². The van der Waals surface area contributed by atoms with Crippen molar-refractivity contribution in [3.63, 3.8) is 0 Å². The van der Waals surface area contributed by atoms with Crippen molar-refractivity contribution >= 4 is 29.7 Å². The predicted octanol–water partition coefficient (Wildman–Crippen LogP) is 1.88. The van der Waals surface area contributed by atoms with Gasteiger partial charge in [-0.1, -0.05) is 6.07 Å². The van der Waals surface area contributed by atoms with Crippen molar-refractivity contribution in [3.05, 3.63) is 22.4 Å². The summed E-state index contributed by atoms with van der Waals surface area (Å²) in [6, 6.07) is 3.64. The van der Waals surface area contributed by atoms with Crippen LogP contribution in [0.5, 0.6) is 0 Å². The van der Waals surface area contributed by atoms with E-state index in [0.717, 1.165) is 26.1 Å². The summed E-state index contributed by atoms with van der Waals surface area (Å²) < 4.78 is 5.30. The van der Waals surface area contributed by atoms with E-state index in [1.807, 2.05) is 24.6 Å². The van der Waals surface area contributed by atoms with Gasteiger partial charge >= 0.3 is 0 Å². The van der Waals surface area contributed by atoms with Gasteiger partial charge in [0.15, 0.2) is 0 Å². The maximum atomic E-state index is 12.2. The van der Waals surface area contributed by atoms with E-state index in [-0.39, 0.29) is 30.3 Å². The number of hydrogen-bond acceptors (Lipinski definition) is 4. The zero-order valence-electron chi connectivity index (χ0n) is 11.1. The molecule has 1 aliphatic rings. The summed E-state index contributed by atoms with van der Waals surface area (Å²) in [4.78, 5) is 15.1. The Balaban J connectivity index is 0.00000180. The Kier molecular flexibility index (Phi) is 6.79. The molecule has 0 bridgehead atoms. The summed E-state index contributed by atoms with van der Waals surface area (Å²) in [6.07, 6.45) is 1.78. The summed E-state index contributed by atoms with van der Waals surface area (Å²) >= 11 is 1.66. The van der Waals surface area contributed by atoms with Crippen molar-refractivity contribution in [2.45, 2.75) is 25.4 Å². The van der Waals surface area contributed by atoms with Crippen molar-refractivity contribution in [3.8, 4) is 0 Å². The summed E-state index contributed by atoms with van der Waals surface area (Å²) in [7, 11) is 1.82. The fourth-order valence-corrected chi connectivity index (χ4v) is 3.00. The zero-order valence-corrected chi connectivity index (χ0v) is 12.7. The van der Waals surface area contributed by atoms with Gasteiger partial charge in [-0.2, -0.15) is 0 Å². The van der Waals surface area contributed by atoms with Crippen LogP contribution >= 0.6 is 23.7 Å². The van der Waals surface area contributed by atoms with Crippen LogP contribution in [0.2, 0.25) is 0 Å². The van der Waals surface area contributed by atoms with Crippen LogP contribution in [0.15, 0.2) is 17.5 Å². The second kappa shape index (κ2) is 7.85. The Morgan fingerprint density at radius 2 is 2.26 bits per heavy atom. The molecule has 0 spiro atoms. The Hall–Kier alpha value is -0.620. The third kappa shape index (κ3) is 4.45. The summed E-state index contributed by atoms with van der Waals surface area (Å²) in [5.74, 6) is 0.298. The van der Waals surface area contributed by atoms with Gasteiger partial charge in [-0.15, -0.1) is 23.7 Å². The van der Waals surface area contributed by atoms with Gasteiger partial charge in [0.2, 0.25) is 5.91 Å².